The molecule has 0 saturated carbocycles. The molecule has 108 valence electrons. The van der Waals surface area contributed by atoms with Gasteiger partial charge in [-0.25, -0.2) is 0 Å². The lowest BCUT2D eigenvalue weighted by Crippen LogP contribution is -2.17. The third-order valence-electron chi connectivity index (χ3n) is 3.40. The van der Waals surface area contributed by atoms with Crippen LogP contribution in [0.25, 0.3) is 0 Å². The van der Waals surface area contributed by atoms with Crippen LogP contribution in [0, 0.1) is 12.8 Å². The summed E-state index contributed by atoms with van der Waals surface area (Å²) >= 11 is 8.16. The molecule has 1 unspecified atom stereocenters. The predicted molar refractivity (Wildman–Crippen MR) is 90.0 cm³/mol. The van der Waals surface area contributed by atoms with E-state index >= 15 is 0 Å². The molecule has 0 fully saturated rings. The zero-order valence-corrected chi connectivity index (χ0v) is 14.1. The quantitative estimate of drug-likeness (QED) is 0.799. The van der Waals surface area contributed by atoms with Gasteiger partial charge in [0.15, 0.2) is 0 Å². The van der Waals surface area contributed by atoms with Crippen molar-refractivity contribution < 1.29 is 0 Å². The molecule has 1 N–H and O–H groups in total. The van der Waals surface area contributed by atoms with Gasteiger partial charge in [-0.2, -0.15) is 0 Å². The molecular weight excluding hydrogens is 286 g/mol. The van der Waals surface area contributed by atoms with Crippen LogP contribution in [0.2, 0.25) is 5.02 Å². The topological polar surface area (TPSA) is 12.0 Å². The Bertz CT molecular complexity index is 574. The van der Waals surface area contributed by atoms with Crippen molar-refractivity contribution in [3.63, 3.8) is 0 Å². The fourth-order valence-electron chi connectivity index (χ4n) is 2.46. The molecule has 0 saturated heterocycles. The van der Waals surface area contributed by atoms with E-state index in [9.17, 15) is 0 Å². The van der Waals surface area contributed by atoms with Crippen molar-refractivity contribution in [3.05, 3.63) is 56.2 Å². The highest BCUT2D eigenvalue weighted by atomic mass is 35.5. The molecule has 0 radical (unpaired) electrons. The Morgan fingerprint density at radius 2 is 2.05 bits per heavy atom. The van der Waals surface area contributed by atoms with Crippen molar-refractivity contribution in [1.29, 1.82) is 0 Å². The molecular formula is C17H22ClNS. The van der Waals surface area contributed by atoms with Crippen LogP contribution in [0.1, 0.15) is 41.5 Å². The summed E-state index contributed by atoms with van der Waals surface area (Å²) in [5.41, 5.74) is 3.84. The standard InChI is InChI=1S/C17H22ClNS/c1-11(2)8-13-6-5-7-14(9-13)16(19-4)17-15(18)12(3)10-20-17/h5-7,9-11,16,19H,8H2,1-4H3. The van der Waals surface area contributed by atoms with E-state index in [1.54, 1.807) is 11.3 Å². The van der Waals surface area contributed by atoms with Crippen molar-refractivity contribution in [1.82, 2.24) is 5.32 Å². The van der Waals surface area contributed by atoms with Gasteiger partial charge in [-0.3, -0.25) is 0 Å². The highest BCUT2D eigenvalue weighted by Crippen LogP contribution is 2.35. The summed E-state index contributed by atoms with van der Waals surface area (Å²) in [5, 5.41) is 6.41. The molecule has 0 amide bonds. The molecule has 1 aromatic heterocycles. The molecule has 2 rings (SSSR count). The van der Waals surface area contributed by atoms with Crippen molar-refractivity contribution >= 4 is 22.9 Å². The molecule has 0 aliphatic heterocycles. The Morgan fingerprint density at radius 1 is 1.30 bits per heavy atom. The second kappa shape index (κ2) is 6.75. The second-order valence-corrected chi connectivity index (χ2v) is 6.95. The number of hydrogen-bond acceptors (Lipinski definition) is 2. The summed E-state index contributed by atoms with van der Waals surface area (Å²) in [6, 6.07) is 9.00. The lowest BCUT2D eigenvalue weighted by atomic mass is 9.97. The number of halogens is 1. The van der Waals surface area contributed by atoms with E-state index in [0.717, 1.165) is 17.0 Å². The lowest BCUT2D eigenvalue weighted by Gasteiger charge is -2.17. The number of benzene rings is 1. The van der Waals surface area contributed by atoms with Gasteiger partial charge in [0.1, 0.15) is 0 Å². The SMILES string of the molecule is CNC(c1cccc(CC(C)C)c1)c1scc(C)c1Cl. The maximum Gasteiger partial charge on any atom is 0.0683 e. The monoisotopic (exact) mass is 307 g/mol. The largest absolute Gasteiger partial charge is 0.309 e. The first-order valence-corrected chi connectivity index (χ1v) is 8.28. The molecule has 3 heteroatoms. The summed E-state index contributed by atoms with van der Waals surface area (Å²) in [6.45, 7) is 6.56. The highest BCUT2D eigenvalue weighted by molar-refractivity contribution is 7.10. The Kier molecular flexibility index (Phi) is 5.25. The Labute approximate surface area is 131 Å². The minimum absolute atomic E-state index is 0.174. The first kappa shape index (κ1) is 15.6. The zero-order chi connectivity index (χ0) is 14.7. The number of rotatable bonds is 5. The summed E-state index contributed by atoms with van der Waals surface area (Å²) in [5.74, 6) is 0.672. The lowest BCUT2D eigenvalue weighted by molar-refractivity contribution is 0.644. The molecule has 1 heterocycles. The highest BCUT2D eigenvalue weighted by Gasteiger charge is 2.18. The Hall–Kier alpha value is -0.830. The first-order valence-electron chi connectivity index (χ1n) is 7.02. The van der Waals surface area contributed by atoms with E-state index in [0.29, 0.717) is 5.92 Å². The molecule has 1 nitrogen and oxygen atoms in total. The summed E-state index contributed by atoms with van der Waals surface area (Å²) in [7, 11) is 1.99. The fourth-order valence-corrected chi connectivity index (χ4v) is 3.90. The summed E-state index contributed by atoms with van der Waals surface area (Å²) in [4.78, 5) is 1.20. The molecule has 0 aliphatic rings. The van der Waals surface area contributed by atoms with Crippen LogP contribution in [0.3, 0.4) is 0 Å². The minimum Gasteiger partial charge on any atom is -0.309 e. The van der Waals surface area contributed by atoms with Gasteiger partial charge in [0, 0.05) is 4.88 Å². The van der Waals surface area contributed by atoms with Crippen LogP contribution in [0.15, 0.2) is 29.6 Å². The van der Waals surface area contributed by atoms with E-state index in [1.165, 1.54) is 16.0 Å². The van der Waals surface area contributed by atoms with Gasteiger partial charge in [0.2, 0.25) is 0 Å². The van der Waals surface area contributed by atoms with E-state index < -0.39 is 0 Å². The minimum atomic E-state index is 0.174. The van der Waals surface area contributed by atoms with Gasteiger partial charge < -0.3 is 5.32 Å². The van der Waals surface area contributed by atoms with E-state index in [4.69, 9.17) is 11.6 Å². The van der Waals surface area contributed by atoms with Crippen LogP contribution in [-0.4, -0.2) is 7.05 Å². The maximum absolute atomic E-state index is 6.43. The Morgan fingerprint density at radius 3 is 2.60 bits per heavy atom. The molecule has 0 spiro atoms. The number of hydrogen-bond donors (Lipinski definition) is 1. The van der Waals surface area contributed by atoms with Crippen molar-refractivity contribution in [2.24, 2.45) is 5.92 Å². The van der Waals surface area contributed by atoms with Crippen LogP contribution >= 0.6 is 22.9 Å². The smallest absolute Gasteiger partial charge is 0.0683 e. The van der Waals surface area contributed by atoms with Crippen LogP contribution in [-0.2, 0) is 6.42 Å². The first-order chi connectivity index (χ1) is 9.52. The van der Waals surface area contributed by atoms with E-state index in [2.05, 4.69) is 55.7 Å². The Balaban J connectivity index is 2.34. The van der Waals surface area contributed by atoms with Crippen LogP contribution in [0.4, 0.5) is 0 Å². The molecule has 20 heavy (non-hydrogen) atoms. The van der Waals surface area contributed by atoms with Gasteiger partial charge in [0.05, 0.1) is 11.1 Å². The summed E-state index contributed by atoms with van der Waals surface area (Å²) < 4.78 is 0. The van der Waals surface area contributed by atoms with Gasteiger partial charge in [-0.05, 0) is 48.4 Å². The van der Waals surface area contributed by atoms with E-state index in [1.807, 2.05) is 7.05 Å². The van der Waals surface area contributed by atoms with E-state index in [-0.39, 0.29) is 6.04 Å². The van der Waals surface area contributed by atoms with Crippen LogP contribution < -0.4 is 5.32 Å². The zero-order valence-electron chi connectivity index (χ0n) is 12.5. The third kappa shape index (κ3) is 3.43. The van der Waals surface area contributed by atoms with Crippen LogP contribution in [0.5, 0.6) is 0 Å². The molecule has 1 atom stereocenters. The van der Waals surface area contributed by atoms with Crippen molar-refractivity contribution in [2.75, 3.05) is 7.05 Å². The van der Waals surface area contributed by atoms with Crippen molar-refractivity contribution in [2.45, 2.75) is 33.2 Å². The third-order valence-corrected chi connectivity index (χ3v) is 5.18. The summed E-state index contributed by atoms with van der Waals surface area (Å²) in [6.07, 6.45) is 1.11. The molecule has 0 aliphatic carbocycles. The van der Waals surface area contributed by atoms with Gasteiger partial charge >= 0.3 is 0 Å². The normalized spacial score (nSPS) is 12.9. The maximum atomic E-state index is 6.43. The number of aryl methyl sites for hydroxylation is 1. The van der Waals surface area contributed by atoms with Gasteiger partial charge in [-0.15, -0.1) is 11.3 Å². The van der Waals surface area contributed by atoms with Gasteiger partial charge in [0.25, 0.3) is 0 Å². The average Bonchev–Trinajstić information content (AvgIpc) is 2.72. The fraction of sp³-hybridized carbons (Fsp3) is 0.412. The molecule has 0 bridgehead atoms. The average molecular weight is 308 g/mol. The van der Waals surface area contributed by atoms with Crippen molar-refractivity contribution in [3.8, 4) is 0 Å². The number of nitrogens with one attached hydrogen (secondary N) is 1. The molecule has 1 aromatic carbocycles. The number of thiophene rings is 1. The van der Waals surface area contributed by atoms with Gasteiger partial charge in [-0.1, -0.05) is 49.7 Å². The molecule has 2 aromatic rings. The second-order valence-electron chi connectivity index (χ2n) is 5.66. The predicted octanol–water partition coefficient (Wildman–Crippen LogP) is 5.22.